The monoisotopic (exact) mass is 829 g/mol. The number of nitrogens with two attached hydrogens (primary N) is 1. The Morgan fingerprint density at radius 2 is 1.56 bits per heavy atom. The van der Waals surface area contributed by atoms with Crippen LogP contribution in [0.15, 0.2) is 97.5 Å². The Labute approximate surface area is 339 Å². The Hall–Kier alpha value is -6.34. The molecule has 0 bridgehead atoms. The van der Waals surface area contributed by atoms with Crippen LogP contribution in [0, 0.1) is 11.8 Å². The molecule has 308 valence electrons. The number of para-hydroxylation sites is 1. The first-order chi connectivity index (χ1) is 28.6. The molecule has 1 amide bonds. The molecule has 3 N–H and O–H groups in total. The predicted octanol–water partition coefficient (Wildman–Crippen LogP) is 6.31. The van der Waals surface area contributed by atoms with Crippen LogP contribution in [0.1, 0.15) is 5.56 Å². The van der Waals surface area contributed by atoms with Crippen molar-refractivity contribution in [2.24, 2.45) is 0 Å². The van der Waals surface area contributed by atoms with Crippen LogP contribution in [-0.4, -0.2) is 99.3 Å². The van der Waals surface area contributed by atoms with E-state index in [0.29, 0.717) is 53.1 Å². The highest BCUT2D eigenvalue weighted by Gasteiger charge is 2.28. The number of methoxy groups -OCH3 is 2. The molecule has 3 heterocycles. The van der Waals surface area contributed by atoms with Gasteiger partial charge in [0.1, 0.15) is 18.3 Å². The summed E-state index contributed by atoms with van der Waals surface area (Å²) in [5, 5.41) is 8.36. The van der Waals surface area contributed by atoms with E-state index in [1.54, 1.807) is 74.1 Å². The first-order valence-corrected chi connectivity index (χ1v) is 19.8. The van der Waals surface area contributed by atoms with Gasteiger partial charge in [-0.3, -0.25) is 14.6 Å². The number of pyridine rings is 2. The summed E-state index contributed by atoms with van der Waals surface area (Å²) in [4.78, 5) is 22.7. The number of ether oxygens (including phenoxy) is 5. The molecular formula is C41H41F2N7O8S. The van der Waals surface area contributed by atoms with Crippen molar-refractivity contribution in [3.8, 4) is 39.3 Å². The van der Waals surface area contributed by atoms with Gasteiger partial charge < -0.3 is 29.4 Å². The summed E-state index contributed by atoms with van der Waals surface area (Å²) in [7, 11) is -1.67. The number of aromatic nitrogens is 4. The SMILES string of the molecule is COCCOCCOCCOC(=O)N(Cc1ccc(N)cc1)CS(=O)(=O)Nc1ccccc1-c1c(OC)nc(F)c(-c2ccc3nccc(-c4ccnnc4)c3c2)c1F. The molecule has 3 aromatic carbocycles. The molecule has 0 aliphatic carbocycles. The maximum absolute atomic E-state index is 17.0. The smallest absolute Gasteiger partial charge is 0.411 e. The Bertz CT molecular complexity index is 2480. The number of hydrogen-bond donors (Lipinski definition) is 2. The molecule has 0 fully saturated rings. The van der Waals surface area contributed by atoms with Crippen molar-refractivity contribution in [1.82, 2.24) is 25.1 Å². The number of nitrogens with zero attached hydrogens (tertiary/aromatic N) is 5. The number of hydrogen-bond acceptors (Lipinski definition) is 13. The molecular weight excluding hydrogens is 789 g/mol. The number of benzene rings is 3. The molecule has 0 saturated carbocycles. The van der Waals surface area contributed by atoms with Crippen molar-refractivity contribution in [3.05, 3.63) is 115 Å². The Kier molecular flexibility index (Phi) is 14.2. The van der Waals surface area contributed by atoms with Gasteiger partial charge in [-0.15, -0.1) is 0 Å². The minimum atomic E-state index is -4.43. The fourth-order valence-corrected chi connectivity index (χ4v) is 7.27. The number of amides is 1. The highest BCUT2D eigenvalue weighted by molar-refractivity contribution is 7.92. The van der Waals surface area contributed by atoms with Gasteiger partial charge in [0, 0.05) is 35.5 Å². The number of sulfonamides is 1. The zero-order chi connectivity index (χ0) is 41.8. The van der Waals surface area contributed by atoms with Gasteiger partial charge in [-0.05, 0) is 59.2 Å². The third kappa shape index (κ3) is 10.8. The second kappa shape index (κ2) is 19.9. The van der Waals surface area contributed by atoms with Crippen molar-refractivity contribution < 1.29 is 45.7 Å². The largest absolute Gasteiger partial charge is 0.480 e. The van der Waals surface area contributed by atoms with E-state index >= 15 is 8.78 Å². The molecule has 3 aromatic heterocycles. The van der Waals surface area contributed by atoms with Gasteiger partial charge in [0.25, 0.3) is 10.0 Å². The Morgan fingerprint density at radius 3 is 2.29 bits per heavy atom. The second-order valence-electron chi connectivity index (χ2n) is 12.9. The zero-order valence-corrected chi connectivity index (χ0v) is 33.0. The molecule has 6 rings (SSSR count). The number of carbonyl (C=O) groups is 1. The lowest BCUT2D eigenvalue weighted by Crippen LogP contribution is -2.38. The van der Waals surface area contributed by atoms with Crippen molar-refractivity contribution in [2.75, 3.05) is 70.2 Å². The summed E-state index contributed by atoms with van der Waals surface area (Å²) < 4.78 is 89.5. The maximum atomic E-state index is 17.0. The molecule has 59 heavy (non-hydrogen) atoms. The molecule has 0 atom stereocenters. The summed E-state index contributed by atoms with van der Waals surface area (Å²) in [5.41, 5.74) is 8.09. The third-order valence-corrected chi connectivity index (χ3v) is 10.0. The van der Waals surface area contributed by atoms with Gasteiger partial charge >= 0.3 is 6.09 Å². The fraction of sp³-hybridized carbons (Fsp3) is 0.244. The van der Waals surface area contributed by atoms with Crippen LogP contribution in [0.5, 0.6) is 5.88 Å². The van der Waals surface area contributed by atoms with Gasteiger partial charge in [0.05, 0.1) is 81.4 Å². The van der Waals surface area contributed by atoms with Gasteiger partial charge in [-0.1, -0.05) is 36.4 Å². The lowest BCUT2D eigenvalue weighted by Gasteiger charge is -2.23. The lowest BCUT2D eigenvalue weighted by atomic mass is 9.96. The van der Waals surface area contributed by atoms with Crippen LogP contribution in [0.2, 0.25) is 0 Å². The second-order valence-corrected chi connectivity index (χ2v) is 14.6. The predicted molar refractivity (Wildman–Crippen MR) is 217 cm³/mol. The normalized spacial score (nSPS) is 11.4. The summed E-state index contributed by atoms with van der Waals surface area (Å²) in [6.07, 6.45) is 3.77. The van der Waals surface area contributed by atoms with E-state index in [9.17, 15) is 13.2 Å². The van der Waals surface area contributed by atoms with Gasteiger partial charge in [-0.25, -0.2) is 17.6 Å². The first-order valence-electron chi connectivity index (χ1n) is 18.2. The first kappa shape index (κ1) is 42.3. The van der Waals surface area contributed by atoms with E-state index in [0.717, 1.165) is 4.90 Å². The molecule has 18 heteroatoms. The number of fused-ring (bicyclic) bond motifs is 1. The van der Waals surface area contributed by atoms with Gasteiger partial charge in [-0.2, -0.15) is 19.6 Å². The highest BCUT2D eigenvalue weighted by Crippen LogP contribution is 2.42. The van der Waals surface area contributed by atoms with E-state index in [-0.39, 0.29) is 48.7 Å². The molecule has 0 radical (unpaired) electrons. The number of rotatable bonds is 19. The van der Waals surface area contributed by atoms with Crippen molar-refractivity contribution >= 4 is 38.4 Å². The maximum Gasteiger partial charge on any atom is 0.411 e. The molecule has 0 saturated heterocycles. The van der Waals surface area contributed by atoms with E-state index in [1.165, 1.54) is 37.6 Å². The highest BCUT2D eigenvalue weighted by atomic mass is 32.2. The number of anilines is 2. The molecule has 15 nitrogen and oxygen atoms in total. The minimum absolute atomic E-state index is 0.0128. The van der Waals surface area contributed by atoms with E-state index in [4.69, 9.17) is 29.4 Å². The minimum Gasteiger partial charge on any atom is -0.480 e. The van der Waals surface area contributed by atoms with Crippen LogP contribution < -0.4 is 15.2 Å². The third-order valence-electron chi connectivity index (χ3n) is 8.83. The summed E-state index contributed by atoms with van der Waals surface area (Å²) in [5.74, 6) is -3.52. The number of halogens is 2. The molecule has 0 aliphatic rings. The Balaban J connectivity index is 1.28. The molecule has 0 spiro atoms. The van der Waals surface area contributed by atoms with Crippen LogP contribution >= 0.6 is 0 Å². The van der Waals surface area contributed by atoms with Crippen molar-refractivity contribution in [1.29, 1.82) is 0 Å². The quantitative estimate of drug-likeness (QED) is 0.0526. The van der Waals surface area contributed by atoms with Gasteiger partial charge in [0.15, 0.2) is 0 Å². The zero-order valence-electron chi connectivity index (χ0n) is 32.1. The molecule has 0 unspecified atom stereocenters. The van der Waals surface area contributed by atoms with E-state index in [1.807, 2.05) is 0 Å². The number of nitrogen functional groups attached to an aromatic ring is 1. The van der Waals surface area contributed by atoms with Crippen LogP contribution in [0.4, 0.5) is 25.0 Å². The average molecular weight is 830 g/mol. The van der Waals surface area contributed by atoms with Crippen molar-refractivity contribution in [3.63, 3.8) is 0 Å². The van der Waals surface area contributed by atoms with Crippen LogP contribution in [0.3, 0.4) is 0 Å². The number of carbonyl (C=O) groups excluding carboxylic acids is 1. The van der Waals surface area contributed by atoms with Crippen molar-refractivity contribution in [2.45, 2.75) is 6.54 Å². The lowest BCUT2D eigenvalue weighted by molar-refractivity contribution is 0.00979. The van der Waals surface area contributed by atoms with Crippen LogP contribution in [-0.2, 0) is 35.5 Å². The summed E-state index contributed by atoms with van der Waals surface area (Å²) in [6, 6.07) is 20.7. The summed E-state index contributed by atoms with van der Waals surface area (Å²) >= 11 is 0. The number of nitrogens with one attached hydrogen (secondary N) is 1. The Morgan fingerprint density at radius 1 is 0.814 bits per heavy atom. The van der Waals surface area contributed by atoms with E-state index in [2.05, 4.69) is 24.9 Å². The fourth-order valence-electron chi connectivity index (χ4n) is 6.09. The average Bonchev–Trinajstić information content (AvgIpc) is 3.23. The molecule has 6 aromatic rings. The summed E-state index contributed by atoms with van der Waals surface area (Å²) in [6.45, 7) is 1.11. The van der Waals surface area contributed by atoms with Gasteiger partial charge in [0.2, 0.25) is 11.8 Å². The standard InChI is InChI=1S/C41H41F2N7O8S/c1-54-17-18-56-19-20-57-21-22-58-41(51)50(25-27-7-10-30(44)11-8-27)26-59(52,53)49-35-6-4-3-5-32(35)37-38(42)36(39(43)48-40(37)55-2)28-9-12-34-33(23-28)31(14-15-45-34)29-13-16-46-47-24-29/h3-16,23-24,49H,17-22,25-26,44H2,1-2H3. The van der Waals surface area contributed by atoms with E-state index < -0.39 is 45.2 Å². The van der Waals surface area contributed by atoms with Crippen LogP contribution in [0.25, 0.3) is 44.3 Å². The topological polar surface area (TPSA) is 190 Å². The molecule has 0 aliphatic heterocycles.